The SMILES string of the molecule is Cc1nc(NS(=O)(=O)c2ccc(CN)cc2)ccc1Br. The molecule has 0 radical (unpaired) electrons. The van der Waals surface area contributed by atoms with Crippen LogP contribution >= 0.6 is 15.9 Å². The molecule has 3 N–H and O–H groups in total. The number of rotatable bonds is 4. The minimum absolute atomic E-state index is 0.178. The van der Waals surface area contributed by atoms with Gasteiger partial charge in [0, 0.05) is 11.0 Å². The molecule has 0 aliphatic rings. The van der Waals surface area contributed by atoms with Crippen LogP contribution in [0, 0.1) is 6.92 Å². The van der Waals surface area contributed by atoms with E-state index in [1.54, 1.807) is 31.2 Å². The fourth-order valence-corrected chi connectivity index (χ4v) is 2.82. The molecule has 0 atom stereocenters. The molecule has 2 rings (SSSR count). The summed E-state index contributed by atoms with van der Waals surface area (Å²) in [6, 6.07) is 9.77. The summed E-state index contributed by atoms with van der Waals surface area (Å²) in [5.41, 5.74) is 7.07. The van der Waals surface area contributed by atoms with E-state index in [1.807, 2.05) is 0 Å². The van der Waals surface area contributed by atoms with Crippen LogP contribution in [0.1, 0.15) is 11.3 Å². The maximum atomic E-state index is 12.2. The lowest BCUT2D eigenvalue weighted by Gasteiger charge is -2.09. The smallest absolute Gasteiger partial charge is 0.263 e. The average Bonchev–Trinajstić information content (AvgIpc) is 2.43. The first-order chi connectivity index (χ1) is 9.42. The van der Waals surface area contributed by atoms with Crippen molar-refractivity contribution in [2.75, 3.05) is 4.72 Å². The molecule has 0 spiro atoms. The normalized spacial score (nSPS) is 11.3. The summed E-state index contributed by atoms with van der Waals surface area (Å²) in [5.74, 6) is 0.286. The van der Waals surface area contributed by atoms with Crippen molar-refractivity contribution in [2.45, 2.75) is 18.4 Å². The van der Waals surface area contributed by atoms with Gasteiger partial charge in [0.25, 0.3) is 10.0 Å². The molecule has 0 unspecified atom stereocenters. The van der Waals surface area contributed by atoms with Gasteiger partial charge in [-0.15, -0.1) is 0 Å². The number of pyridine rings is 1. The second-order valence-electron chi connectivity index (χ2n) is 4.22. The Morgan fingerprint density at radius 1 is 1.20 bits per heavy atom. The van der Waals surface area contributed by atoms with Gasteiger partial charge in [-0.2, -0.15) is 0 Å². The molecule has 0 aliphatic heterocycles. The van der Waals surface area contributed by atoms with E-state index in [9.17, 15) is 8.42 Å². The van der Waals surface area contributed by atoms with Gasteiger partial charge in [0.15, 0.2) is 0 Å². The summed E-state index contributed by atoms with van der Waals surface area (Å²) < 4.78 is 27.7. The molecule has 0 amide bonds. The summed E-state index contributed by atoms with van der Waals surface area (Å²) in [7, 11) is -3.64. The van der Waals surface area contributed by atoms with Crippen LogP contribution in [0.4, 0.5) is 5.82 Å². The first-order valence-electron chi connectivity index (χ1n) is 5.87. The minimum Gasteiger partial charge on any atom is -0.326 e. The molecule has 20 heavy (non-hydrogen) atoms. The van der Waals surface area contributed by atoms with Gasteiger partial charge in [-0.25, -0.2) is 13.4 Å². The molecule has 0 saturated heterocycles. The van der Waals surface area contributed by atoms with E-state index in [-0.39, 0.29) is 10.7 Å². The van der Waals surface area contributed by atoms with Gasteiger partial charge < -0.3 is 5.73 Å². The number of nitrogens with two attached hydrogens (primary N) is 1. The zero-order chi connectivity index (χ0) is 14.8. The van der Waals surface area contributed by atoms with E-state index in [4.69, 9.17) is 5.73 Å². The molecule has 2 aromatic rings. The molecule has 0 bridgehead atoms. The van der Waals surface area contributed by atoms with Crippen molar-refractivity contribution in [3.8, 4) is 0 Å². The minimum atomic E-state index is -3.64. The predicted octanol–water partition coefficient (Wildman–Crippen LogP) is 2.41. The van der Waals surface area contributed by atoms with Crippen LogP contribution in [0.3, 0.4) is 0 Å². The molecule has 0 aliphatic carbocycles. The third-order valence-electron chi connectivity index (χ3n) is 2.73. The Morgan fingerprint density at radius 2 is 1.85 bits per heavy atom. The van der Waals surface area contributed by atoms with Crippen molar-refractivity contribution >= 4 is 31.8 Å². The summed E-state index contributed by atoms with van der Waals surface area (Å²) >= 11 is 3.32. The van der Waals surface area contributed by atoms with Gasteiger partial charge in [-0.1, -0.05) is 12.1 Å². The van der Waals surface area contributed by atoms with Crippen LogP contribution in [-0.2, 0) is 16.6 Å². The number of hydrogen-bond acceptors (Lipinski definition) is 4. The van der Waals surface area contributed by atoms with Crippen LogP contribution < -0.4 is 10.5 Å². The summed E-state index contributed by atoms with van der Waals surface area (Å²) in [6.45, 7) is 2.17. The van der Waals surface area contributed by atoms with Crippen molar-refractivity contribution in [1.82, 2.24) is 4.98 Å². The first-order valence-corrected chi connectivity index (χ1v) is 8.15. The van der Waals surface area contributed by atoms with Crippen LogP contribution in [0.15, 0.2) is 45.8 Å². The molecule has 1 heterocycles. The van der Waals surface area contributed by atoms with E-state index in [0.29, 0.717) is 12.2 Å². The Morgan fingerprint density at radius 3 is 2.40 bits per heavy atom. The lowest BCUT2D eigenvalue weighted by molar-refractivity contribution is 0.601. The number of anilines is 1. The van der Waals surface area contributed by atoms with Crippen molar-refractivity contribution in [3.63, 3.8) is 0 Å². The summed E-state index contributed by atoms with van der Waals surface area (Å²) in [6.07, 6.45) is 0. The van der Waals surface area contributed by atoms with Crippen LogP contribution in [0.25, 0.3) is 0 Å². The van der Waals surface area contributed by atoms with Gasteiger partial charge in [0.1, 0.15) is 5.82 Å². The molecule has 1 aromatic heterocycles. The molecule has 5 nitrogen and oxygen atoms in total. The number of aryl methyl sites for hydroxylation is 1. The topological polar surface area (TPSA) is 85.1 Å². The average molecular weight is 356 g/mol. The summed E-state index contributed by atoms with van der Waals surface area (Å²) in [4.78, 5) is 4.34. The van der Waals surface area contributed by atoms with Gasteiger partial charge in [0.05, 0.1) is 10.6 Å². The van der Waals surface area contributed by atoms with Gasteiger partial charge in [0.2, 0.25) is 0 Å². The molecular formula is C13H14BrN3O2S. The Balaban J connectivity index is 2.27. The van der Waals surface area contributed by atoms with Crippen LogP contribution in [0.5, 0.6) is 0 Å². The monoisotopic (exact) mass is 355 g/mol. The van der Waals surface area contributed by atoms with E-state index < -0.39 is 10.0 Å². The fraction of sp³-hybridized carbons (Fsp3) is 0.154. The molecular weight excluding hydrogens is 342 g/mol. The molecule has 0 saturated carbocycles. The second-order valence-corrected chi connectivity index (χ2v) is 6.75. The van der Waals surface area contributed by atoms with Gasteiger partial charge >= 0.3 is 0 Å². The number of nitrogens with zero attached hydrogens (tertiary/aromatic N) is 1. The predicted molar refractivity (Wildman–Crippen MR) is 81.8 cm³/mol. The highest BCUT2D eigenvalue weighted by molar-refractivity contribution is 9.10. The lowest BCUT2D eigenvalue weighted by Crippen LogP contribution is -2.14. The van der Waals surface area contributed by atoms with Crippen LogP contribution in [-0.4, -0.2) is 13.4 Å². The maximum Gasteiger partial charge on any atom is 0.263 e. The molecule has 106 valence electrons. The van der Waals surface area contributed by atoms with Crippen molar-refractivity contribution in [2.24, 2.45) is 5.73 Å². The Labute approximate surface area is 126 Å². The molecule has 1 aromatic carbocycles. The molecule has 7 heteroatoms. The number of hydrogen-bond donors (Lipinski definition) is 2. The number of benzene rings is 1. The summed E-state index contributed by atoms with van der Waals surface area (Å²) in [5, 5.41) is 0. The fourth-order valence-electron chi connectivity index (χ4n) is 1.60. The Bertz CT molecular complexity index is 715. The molecule has 0 fully saturated rings. The Hall–Kier alpha value is -1.44. The van der Waals surface area contributed by atoms with Crippen molar-refractivity contribution < 1.29 is 8.42 Å². The number of aromatic nitrogens is 1. The third-order valence-corrected chi connectivity index (χ3v) is 4.94. The van der Waals surface area contributed by atoms with E-state index in [0.717, 1.165) is 10.0 Å². The zero-order valence-electron chi connectivity index (χ0n) is 10.8. The van der Waals surface area contributed by atoms with Gasteiger partial charge in [-0.3, -0.25) is 4.72 Å². The van der Waals surface area contributed by atoms with E-state index >= 15 is 0 Å². The Kier molecular flexibility index (Phi) is 4.42. The van der Waals surface area contributed by atoms with Crippen LogP contribution in [0.2, 0.25) is 0 Å². The maximum absolute atomic E-state index is 12.2. The standard InChI is InChI=1S/C13H14BrN3O2S/c1-9-12(14)6-7-13(16-9)17-20(18,19)11-4-2-10(8-15)3-5-11/h2-7H,8,15H2,1H3,(H,16,17). The quantitative estimate of drug-likeness (QED) is 0.881. The lowest BCUT2D eigenvalue weighted by atomic mass is 10.2. The third kappa shape index (κ3) is 3.36. The number of halogens is 1. The second kappa shape index (κ2) is 5.90. The van der Waals surface area contributed by atoms with Crippen molar-refractivity contribution in [1.29, 1.82) is 0 Å². The highest BCUT2D eigenvalue weighted by Gasteiger charge is 2.15. The van der Waals surface area contributed by atoms with Gasteiger partial charge in [-0.05, 0) is 52.7 Å². The first kappa shape index (κ1) is 15.0. The highest BCUT2D eigenvalue weighted by Crippen LogP contribution is 2.19. The number of sulfonamides is 1. The highest BCUT2D eigenvalue weighted by atomic mass is 79.9. The number of nitrogens with one attached hydrogen (secondary N) is 1. The van der Waals surface area contributed by atoms with E-state index in [1.165, 1.54) is 12.1 Å². The van der Waals surface area contributed by atoms with Crippen molar-refractivity contribution in [3.05, 3.63) is 52.1 Å². The zero-order valence-corrected chi connectivity index (χ0v) is 13.2. The van der Waals surface area contributed by atoms with E-state index in [2.05, 4.69) is 25.6 Å². The largest absolute Gasteiger partial charge is 0.326 e.